The maximum atomic E-state index is 5.52. The van der Waals surface area contributed by atoms with Crippen LogP contribution in [0, 0.1) is 0 Å². The van der Waals surface area contributed by atoms with Crippen molar-refractivity contribution in [1.29, 1.82) is 0 Å². The van der Waals surface area contributed by atoms with Crippen LogP contribution < -0.4 is 15.4 Å². The first-order valence-corrected chi connectivity index (χ1v) is 8.53. The highest BCUT2D eigenvalue weighted by Gasteiger charge is 2.02. The van der Waals surface area contributed by atoms with Crippen LogP contribution in [0.5, 0.6) is 5.75 Å². The summed E-state index contributed by atoms with van der Waals surface area (Å²) < 4.78 is 10.6. The molecule has 0 heterocycles. The molecule has 6 nitrogen and oxygen atoms in total. The van der Waals surface area contributed by atoms with Gasteiger partial charge in [-0.1, -0.05) is 12.1 Å². The second-order valence-electron chi connectivity index (χ2n) is 5.58. The van der Waals surface area contributed by atoms with Crippen LogP contribution in [0.3, 0.4) is 0 Å². The van der Waals surface area contributed by atoms with Crippen LogP contribution in [-0.4, -0.2) is 64.9 Å². The molecule has 1 aromatic carbocycles. The van der Waals surface area contributed by atoms with E-state index in [4.69, 9.17) is 9.47 Å². The van der Waals surface area contributed by atoms with E-state index in [1.165, 1.54) is 5.56 Å². The second-order valence-corrected chi connectivity index (χ2v) is 5.58. The Morgan fingerprint density at radius 3 is 2.79 bits per heavy atom. The van der Waals surface area contributed by atoms with Gasteiger partial charge in [0.15, 0.2) is 5.96 Å². The summed E-state index contributed by atoms with van der Waals surface area (Å²) in [6.45, 7) is 7.03. The Morgan fingerprint density at radius 1 is 1.25 bits per heavy atom. The predicted molar refractivity (Wildman–Crippen MR) is 99.8 cm³/mol. The number of ether oxygens (including phenoxy) is 2. The number of guanidine groups is 1. The van der Waals surface area contributed by atoms with Crippen molar-refractivity contribution < 1.29 is 9.47 Å². The molecule has 0 spiro atoms. The summed E-state index contributed by atoms with van der Waals surface area (Å²) in [5, 5.41) is 6.66. The van der Waals surface area contributed by atoms with Crippen LogP contribution in [0.1, 0.15) is 18.9 Å². The first kappa shape index (κ1) is 20.3. The van der Waals surface area contributed by atoms with Gasteiger partial charge in [-0.2, -0.15) is 0 Å². The van der Waals surface area contributed by atoms with E-state index in [2.05, 4.69) is 33.6 Å². The van der Waals surface area contributed by atoms with Crippen LogP contribution in [0.15, 0.2) is 29.3 Å². The molecule has 0 fully saturated rings. The zero-order valence-corrected chi connectivity index (χ0v) is 15.5. The SMILES string of the molecule is CCOc1cccc(CNC(=NC)NCCN(C)CCCOC)c1. The predicted octanol–water partition coefficient (Wildman–Crippen LogP) is 1.72. The Bertz CT molecular complexity index is 480. The van der Waals surface area contributed by atoms with Crippen molar-refractivity contribution in [2.75, 3.05) is 54.1 Å². The molecule has 24 heavy (non-hydrogen) atoms. The lowest BCUT2D eigenvalue weighted by atomic mass is 10.2. The molecule has 136 valence electrons. The Morgan fingerprint density at radius 2 is 2.08 bits per heavy atom. The Hall–Kier alpha value is -1.79. The third kappa shape index (κ3) is 8.74. The molecule has 1 aromatic rings. The largest absolute Gasteiger partial charge is 0.494 e. The molecule has 0 atom stereocenters. The van der Waals surface area contributed by atoms with E-state index in [0.29, 0.717) is 13.2 Å². The number of rotatable bonds is 11. The van der Waals surface area contributed by atoms with Gasteiger partial charge < -0.3 is 25.0 Å². The lowest BCUT2D eigenvalue weighted by Crippen LogP contribution is -2.40. The third-order valence-corrected chi connectivity index (χ3v) is 3.57. The zero-order valence-electron chi connectivity index (χ0n) is 15.5. The smallest absolute Gasteiger partial charge is 0.191 e. The lowest BCUT2D eigenvalue weighted by Gasteiger charge is -2.18. The molecule has 0 saturated carbocycles. The van der Waals surface area contributed by atoms with E-state index >= 15 is 0 Å². The molecular formula is C18H32N4O2. The minimum atomic E-state index is 0.679. The van der Waals surface area contributed by atoms with Gasteiger partial charge in [-0.15, -0.1) is 0 Å². The summed E-state index contributed by atoms with van der Waals surface area (Å²) in [7, 11) is 5.64. The van der Waals surface area contributed by atoms with Crippen molar-refractivity contribution in [2.24, 2.45) is 4.99 Å². The number of hydrogen-bond donors (Lipinski definition) is 2. The summed E-state index contributed by atoms with van der Waals surface area (Å²) in [5.74, 6) is 1.71. The van der Waals surface area contributed by atoms with Crippen LogP contribution in [0.4, 0.5) is 0 Å². The fraction of sp³-hybridized carbons (Fsp3) is 0.611. The molecule has 2 N–H and O–H groups in total. The van der Waals surface area contributed by atoms with Crippen LogP contribution in [0.25, 0.3) is 0 Å². The Labute approximate surface area is 146 Å². The molecule has 0 amide bonds. The summed E-state index contributed by atoms with van der Waals surface area (Å²) >= 11 is 0. The average molecular weight is 336 g/mol. The standard InChI is InChI=1S/C18H32N4O2/c1-5-24-17-9-6-8-16(14-17)15-21-18(19-2)20-10-12-22(3)11-7-13-23-4/h6,8-9,14H,5,7,10-13,15H2,1-4H3,(H2,19,20,21). The first-order chi connectivity index (χ1) is 11.7. The molecule has 0 aliphatic rings. The van der Waals surface area contributed by atoms with Gasteiger partial charge in [0.05, 0.1) is 6.61 Å². The van der Waals surface area contributed by atoms with Gasteiger partial charge in [0, 0.05) is 46.9 Å². The van der Waals surface area contributed by atoms with Crippen LogP contribution >= 0.6 is 0 Å². The van der Waals surface area contributed by atoms with Gasteiger partial charge in [-0.25, -0.2) is 0 Å². The number of likely N-dealkylation sites (N-methyl/N-ethyl adjacent to an activating group) is 1. The van der Waals surface area contributed by atoms with Gasteiger partial charge >= 0.3 is 0 Å². The number of aliphatic imine (C=N–C) groups is 1. The number of benzene rings is 1. The highest BCUT2D eigenvalue weighted by atomic mass is 16.5. The summed E-state index contributed by atoms with van der Waals surface area (Å²) in [6.07, 6.45) is 1.05. The summed E-state index contributed by atoms with van der Waals surface area (Å²) in [6, 6.07) is 8.10. The van der Waals surface area contributed by atoms with E-state index < -0.39 is 0 Å². The monoisotopic (exact) mass is 336 g/mol. The molecule has 0 aliphatic heterocycles. The molecular weight excluding hydrogens is 304 g/mol. The highest BCUT2D eigenvalue weighted by molar-refractivity contribution is 5.79. The lowest BCUT2D eigenvalue weighted by molar-refractivity contribution is 0.180. The van der Waals surface area contributed by atoms with Gasteiger partial charge in [-0.05, 0) is 38.1 Å². The minimum Gasteiger partial charge on any atom is -0.494 e. The van der Waals surface area contributed by atoms with Crippen molar-refractivity contribution >= 4 is 5.96 Å². The average Bonchev–Trinajstić information content (AvgIpc) is 2.59. The van der Waals surface area contributed by atoms with E-state index in [-0.39, 0.29) is 0 Å². The fourth-order valence-electron chi connectivity index (χ4n) is 2.27. The van der Waals surface area contributed by atoms with Gasteiger partial charge in [0.2, 0.25) is 0 Å². The number of nitrogens with one attached hydrogen (secondary N) is 2. The fourth-order valence-corrected chi connectivity index (χ4v) is 2.27. The van der Waals surface area contributed by atoms with Gasteiger partial charge in [0.1, 0.15) is 5.75 Å². The Balaban J connectivity index is 2.29. The van der Waals surface area contributed by atoms with Crippen molar-refractivity contribution in [3.05, 3.63) is 29.8 Å². The van der Waals surface area contributed by atoms with E-state index in [1.807, 2.05) is 25.1 Å². The highest BCUT2D eigenvalue weighted by Crippen LogP contribution is 2.12. The zero-order chi connectivity index (χ0) is 17.6. The molecule has 6 heteroatoms. The quantitative estimate of drug-likeness (QED) is 0.366. The van der Waals surface area contributed by atoms with Crippen molar-refractivity contribution in [1.82, 2.24) is 15.5 Å². The molecule has 0 unspecified atom stereocenters. The second kappa shape index (κ2) is 12.6. The maximum absolute atomic E-state index is 5.52. The van der Waals surface area contributed by atoms with Crippen molar-refractivity contribution in [3.63, 3.8) is 0 Å². The topological polar surface area (TPSA) is 58.1 Å². The summed E-state index contributed by atoms with van der Waals surface area (Å²) in [5.41, 5.74) is 1.17. The number of methoxy groups -OCH3 is 1. The molecule has 1 rings (SSSR count). The van der Waals surface area contributed by atoms with Gasteiger partial charge in [-0.3, -0.25) is 4.99 Å². The normalized spacial score (nSPS) is 11.6. The first-order valence-electron chi connectivity index (χ1n) is 8.53. The van der Waals surface area contributed by atoms with Crippen LogP contribution in [-0.2, 0) is 11.3 Å². The van der Waals surface area contributed by atoms with Crippen molar-refractivity contribution in [3.8, 4) is 5.75 Å². The number of nitrogens with zero attached hydrogens (tertiary/aromatic N) is 2. The van der Waals surface area contributed by atoms with Gasteiger partial charge in [0.25, 0.3) is 0 Å². The molecule has 0 saturated heterocycles. The van der Waals surface area contributed by atoms with E-state index in [9.17, 15) is 0 Å². The third-order valence-electron chi connectivity index (χ3n) is 3.57. The maximum Gasteiger partial charge on any atom is 0.191 e. The molecule has 0 aromatic heterocycles. The minimum absolute atomic E-state index is 0.679. The van der Waals surface area contributed by atoms with Crippen molar-refractivity contribution in [2.45, 2.75) is 19.9 Å². The summed E-state index contributed by atoms with van der Waals surface area (Å²) in [4.78, 5) is 6.54. The molecule has 0 radical (unpaired) electrons. The Kier molecular flexibility index (Phi) is 10.6. The van der Waals surface area contributed by atoms with E-state index in [1.54, 1.807) is 14.2 Å². The number of hydrogen-bond acceptors (Lipinski definition) is 4. The molecule has 0 aliphatic carbocycles. The molecule has 0 bridgehead atoms. The van der Waals surface area contributed by atoms with E-state index in [0.717, 1.165) is 44.4 Å². The van der Waals surface area contributed by atoms with Crippen LogP contribution in [0.2, 0.25) is 0 Å².